The molecule has 0 aliphatic heterocycles. The number of nitrogens with one attached hydrogen (secondary N) is 2. The second-order valence-corrected chi connectivity index (χ2v) is 6.54. The minimum absolute atomic E-state index is 0.117. The van der Waals surface area contributed by atoms with Crippen molar-refractivity contribution < 1.29 is 5.11 Å². The predicted octanol–water partition coefficient (Wildman–Crippen LogP) is 2.24. The predicted molar refractivity (Wildman–Crippen MR) is 85.0 cm³/mol. The largest absolute Gasteiger partial charge is 0.394 e. The highest BCUT2D eigenvalue weighted by Gasteiger charge is 2.34. The zero-order valence-electron chi connectivity index (χ0n) is 13.2. The summed E-state index contributed by atoms with van der Waals surface area (Å²) < 4.78 is 0. The summed E-state index contributed by atoms with van der Waals surface area (Å²) in [5.41, 5.74) is 2.31. The summed E-state index contributed by atoms with van der Waals surface area (Å²) in [6, 6.07) is 1.79. The van der Waals surface area contributed by atoms with Crippen LogP contribution in [0.3, 0.4) is 0 Å². The van der Waals surface area contributed by atoms with Gasteiger partial charge in [0.1, 0.15) is 17.5 Å². The Morgan fingerprint density at radius 1 is 1.33 bits per heavy atom. The Kier molecular flexibility index (Phi) is 5.00. The molecule has 0 radical (unpaired) electrons. The van der Waals surface area contributed by atoms with Crippen molar-refractivity contribution in [2.24, 2.45) is 11.8 Å². The number of nitrogens with two attached hydrogens (primary N) is 1. The minimum atomic E-state index is -0.277. The molecule has 0 atom stereocenters. The van der Waals surface area contributed by atoms with Gasteiger partial charge in [0.2, 0.25) is 0 Å². The minimum Gasteiger partial charge on any atom is -0.394 e. The van der Waals surface area contributed by atoms with Gasteiger partial charge in [-0.15, -0.1) is 0 Å². The number of hydrazine groups is 1. The number of nitrogens with zero attached hydrogens (tertiary/aromatic N) is 2. The Morgan fingerprint density at radius 3 is 2.48 bits per heavy atom. The molecule has 6 heteroatoms. The number of aromatic nitrogens is 2. The summed E-state index contributed by atoms with van der Waals surface area (Å²) in [4.78, 5) is 8.91. The summed E-state index contributed by atoms with van der Waals surface area (Å²) >= 11 is 0. The van der Waals surface area contributed by atoms with Crippen LogP contribution in [0.25, 0.3) is 0 Å². The van der Waals surface area contributed by atoms with Crippen LogP contribution >= 0.6 is 0 Å². The van der Waals surface area contributed by atoms with E-state index in [1.54, 1.807) is 6.07 Å². The summed E-state index contributed by atoms with van der Waals surface area (Å²) in [6.07, 6.45) is 4.16. The lowest BCUT2D eigenvalue weighted by Crippen LogP contribution is -2.45. The summed E-state index contributed by atoms with van der Waals surface area (Å²) in [6.45, 7) is 6.47. The fourth-order valence-corrected chi connectivity index (χ4v) is 2.77. The van der Waals surface area contributed by atoms with Crippen molar-refractivity contribution in [2.75, 3.05) is 17.3 Å². The number of anilines is 2. The van der Waals surface area contributed by atoms with Crippen molar-refractivity contribution in [3.05, 3.63) is 11.9 Å². The molecule has 0 saturated heterocycles. The molecule has 0 spiro atoms. The van der Waals surface area contributed by atoms with Crippen molar-refractivity contribution in [1.82, 2.24) is 9.97 Å². The van der Waals surface area contributed by atoms with E-state index in [-0.39, 0.29) is 18.1 Å². The van der Waals surface area contributed by atoms with Crippen molar-refractivity contribution in [3.8, 4) is 0 Å². The third-order valence-electron chi connectivity index (χ3n) is 4.33. The molecule has 5 N–H and O–H groups in total. The zero-order chi connectivity index (χ0) is 15.5. The normalized spacial score (nSPS) is 25.9. The van der Waals surface area contributed by atoms with Crippen LogP contribution in [0.2, 0.25) is 0 Å². The number of aliphatic hydroxyl groups is 1. The van der Waals surface area contributed by atoms with E-state index in [0.29, 0.717) is 5.82 Å². The first-order valence-electron chi connectivity index (χ1n) is 7.72. The SMILES string of the molecule is CC1CCC(CO)(Nc2cc(NN)nc(C(C)C)n2)CC1. The van der Waals surface area contributed by atoms with Gasteiger partial charge in [-0.2, -0.15) is 0 Å². The third kappa shape index (κ3) is 3.83. The van der Waals surface area contributed by atoms with Crippen LogP contribution in [-0.2, 0) is 0 Å². The second kappa shape index (κ2) is 6.58. The molecule has 118 valence electrons. The highest BCUT2D eigenvalue weighted by Crippen LogP contribution is 2.34. The van der Waals surface area contributed by atoms with Crippen molar-refractivity contribution in [3.63, 3.8) is 0 Å². The quantitative estimate of drug-likeness (QED) is 0.491. The Hall–Kier alpha value is -1.40. The number of aliphatic hydroxyl groups excluding tert-OH is 1. The van der Waals surface area contributed by atoms with Crippen LogP contribution in [-0.4, -0.2) is 27.2 Å². The Balaban J connectivity index is 2.22. The van der Waals surface area contributed by atoms with Gasteiger partial charge >= 0.3 is 0 Å². The molecule has 1 fully saturated rings. The molecule has 1 aromatic heterocycles. The topological polar surface area (TPSA) is 96.1 Å². The highest BCUT2D eigenvalue weighted by molar-refractivity contribution is 5.48. The van der Waals surface area contributed by atoms with E-state index < -0.39 is 0 Å². The molecule has 0 aromatic carbocycles. The van der Waals surface area contributed by atoms with E-state index in [0.717, 1.165) is 43.2 Å². The van der Waals surface area contributed by atoms with Crippen LogP contribution in [0.1, 0.15) is 58.2 Å². The average Bonchev–Trinajstić information content (AvgIpc) is 2.49. The average molecular weight is 293 g/mol. The van der Waals surface area contributed by atoms with Gasteiger partial charge in [-0.1, -0.05) is 20.8 Å². The third-order valence-corrected chi connectivity index (χ3v) is 4.33. The van der Waals surface area contributed by atoms with Gasteiger partial charge in [0.15, 0.2) is 0 Å². The number of nitrogen functional groups attached to an aromatic ring is 1. The maximum atomic E-state index is 9.85. The lowest BCUT2D eigenvalue weighted by molar-refractivity contribution is 0.155. The molecular weight excluding hydrogens is 266 g/mol. The first kappa shape index (κ1) is 16.0. The van der Waals surface area contributed by atoms with E-state index in [9.17, 15) is 5.11 Å². The fraction of sp³-hybridized carbons (Fsp3) is 0.733. The van der Waals surface area contributed by atoms with Crippen LogP contribution in [0, 0.1) is 5.92 Å². The smallest absolute Gasteiger partial charge is 0.145 e. The molecule has 1 saturated carbocycles. The Morgan fingerprint density at radius 2 is 1.95 bits per heavy atom. The Bertz CT molecular complexity index is 469. The van der Waals surface area contributed by atoms with Gasteiger partial charge in [-0.3, -0.25) is 0 Å². The molecule has 6 nitrogen and oxygen atoms in total. The molecule has 0 unspecified atom stereocenters. The summed E-state index contributed by atoms with van der Waals surface area (Å²) in [7, 11) is 0. The lowest BCUT2D eigenvalue weighted by Gasteiger charge is -2.39. The summed E-state index contributed by atoms with van der Waals surface area (Å²) in [5.74, 6) is 8.49. The van der Waals surface area contributed by atoms with Gasteiger partial charge in [-0.05, 0) is 31.6 Å². The standard InChI is InChI=1S/C15H27N5O/c1-10(2)14-17-12(8-13(18-14)20-16)19-15(9-21)6-4-11(3)5-7-15/h8,10-11,21H,4-7,9,16H2,1-3H3,(H2,17,18,19,20). The monoisotopic (exact) mass is 293 g/mol. The Labute approximate surface area is 126 Å². The molecule has 1 aliphatic rings. The molecule has 1 aromatic rings. The van der Waals surface area contributed by atoms with Crippen LogP contribution in [0.15, 0.2) is 6.07 Å². The van der Waals surface area contributed by atoms with E-state index in [2.05, 4.69) is 27.6 Å². The number of rotatable bonds is 5. The molecule has 2 rings (SSSR count). The van der Waals surface area contributed by atoms with E-state index >= 15 is 0 Å². The maximum Gasteiger partial charge on any atom is 0.145 e. The van der Waals surface area contributed by atoms with Crippen molar-refractivity contribution >= 4 is 11.6 Å². The maximum absolute atomic E-state index is 9.85. The molecule has 0 amide bonds. The first-order valence-corrected chi connectivity index (χ1v) is 7.72. The number of hydrogen-bond acceptors (Lipinski definition) is 6. The van der Waals surface area contributed by atoms with Crippen LogP contribution in [0.4, 0.5) is 11.6 Å². The van der Waals surface area contributed by atoms with Crippen molar-refractivity contribution in [1.29, 1.82) is 0 Å². The van der Waals surface area contributed by atoms with Crippen LogP contribution in [0.5, 0.6) is 0 Å². The van der Waals surface area contributed by atoms with Gasteiger partial charge in [0, 0.05) is 12.0 Å². The van der Waals surface area contributed by atoms with Gasteiger partial charge in [0.05, 0.1) is 12.1 Å². The lowest BCUT2D eigenvalue weighted by atomic mass is 9.77. The van der Waals surface area contributed by atoms with Crippen molar-refractivity contribution in [2.45, 2.75) is 57.9 Å². The molecular formula is C15H27N5O. The van der Waals surface area contributed by atoms with Gasteiger partial charge in [-0.25, -0.2) is 15.8 Å². The van der Waals surface area contributed by atoms with E-state index in [1.807, 2.05) is 13.8 Å². The first-order chi connectivity index (χ1) is 9.98. The second-order valence-electron chi connectivity index (χ2n) is 6.54. The molecule has 0 bridgehead atoms. The molecule has 1 heterocycles. The number of hydrogen-bond donors (Lipinski definition) is 4. The fourth-order valence-electron chi connectivity index (χ4n) is 2.77. The summed E-state index contributed by atoms with van der Waals surface area (Å²) in [5, 5.41) is 13.3. The van der Waals surface area contributed by atoms with Crippen LogP contribution < -0.4 is 16.6 Å². The van der Waals surface area contributed by atoms with Gasteiger partial charge < -0.3 is 15.8 Å². The molecule has 21 heavy (non-hydrogen) atoms. The van der Waals surface area contributed by atoms with E-state index in [1.165, 1.54) is 0 Å². The molecule has 1 aliphatic carbocycles. The highest BCUT2D eigenvalue weighted by atomic mass is 16.3. The van der Waals surface area contributed by atoms with Gasteiger partial charge in [0.25, 0.3) is 0 Å². The zero-order valence-corrected chi connectivity index (χ0v) is 13.2. The van der Waals surface area contributed by atoms with E-state index in [4.69, 9.17) is 5.84 Å².